The van der Waals surface area contributed by atoms with E-state index in [0.29, 0.717) is 24.5 Å². The van der Waals surface area contributed by atoms with E-state index in [1.165, 1.54) is 0 Å². The Balaban J connectivity index is 2.28. The molecule has 2 rings (SSSR count). The van der Waals surface area contributed by atoms with E-state index < -0.39 is 0 Å². The average Bonchev–Trinajstić information content (AvgIpc) is 2.42. The van der Waals surface area contributed by atoms with Crippen molar-refractivity contribution in [3.8, 4) is 6.01 Å². The van der Waals surface area contributed by atoms with Gasteiger partial charge < -0.3 is 15.4 Å². The Kier molecular flexibility index (Phi) is 5.33. The summed E-state index contributed by atoms with van der Waals surface area (Å²) in [4.78, 5) is 12.7. The van der Waals surface area contributed by atoms with Gasteiger partial charge in [0.2, 0.25) is 11.9 Å². The van der Waals surface area contributed by atoms with E-state index in [9.17, 15) is 0 Å². The number of rotatable bonds is 6. The van der Waals surface area contributed by atoms with Crippen molar-refractivity contribution >= 4 is 40.2 Å². The normalized spacial score (nSPS) is 10.2. The van der Waals surface area contributed by atoms with Crippen LogP contribution >= 0.6 is 22.6 Å². The first kappa shape index (κ1) is 14.8. The molecule has 20 heavy (non-hydrogen) atoms. The van der Waals surface area contributed by atoms with Crippen LogP contribution in [0.2, 0.25) is 0 Å². The van der Waals surface area contributed by atoms with Crippen LogP contribution in [0.15, 0.2) is 24.3 Å². The smallest absolute Gasteiger partial charge is 0.323 e. The average molecular weight is 385 g/mol. The molecule has 0 fully saturated rings. The lowest BCUT2D eigenvalue weighted by Crippen LogP contribution is -2.09. The summed E-state index contributed by atoms with van der Waals surface area (Å²) in [6, 6.07) is 8.24. The monoisotopic (exact) mass is 385 g/mol. The Hall–Kier alpha value is -1.64. The second-order valence-corrected chi connectivity index (χ2v) is 5.00. The van der Waals surface area contributed by atoms with Crippen LogP contribution in [0.3, 0.4) is 0 Å². The Bertz CT molecular complexity index is 554. The molecule has 0 aliphatic rings. The summed E-state index contributed by atoms with van der Waals surface area (Å²) in [5.74, 6) is 0.961. The number of halogens is 1. The topological polar surface area (TPSA) is 72.0 Å². The second-order valence-electron chi connectivity index (χ2n) is 3.83. The highest BCUT2D eigenvalue weighted by Crippen LogP contribution is 2.21. The molecule has 0 amide bonds. The highest BCUT2D eigenvalue weighted by atomic mass is 127. The highest BCUT2D eigenvalue weighted by Gasteiger charge is 2.08. The van der Waals surface area contributed by atoms with Gasteiger partial charge in [0.25, 0.3) is 0 Å². The van der Waals surface area contributed by atoms with Gasteiger partial charge in [-0.05, 0) is 48.6 Å². The van der Waals surface area contributed by atoms with Gasteiger partial charge in [0.1, 0.15) is 0 Å². The number of nitrogens with one attached hydrogen (secondary N) is 2. The van der Waals surface area contributed by atoms with E-state index in [1.54, 1.807) is 0 Å². The maximum absolute atomic E-state index is 5.36. The summed E-state index contributed by atoms with van der Waals surface area (Å²) in [6.07, 6.45) is 0. The molecule has 6 nitrogen and oxygen atoms in total. The largest absolute Gasteiger partial charge is 0.464 e. The molecule has 1 aromatic carbocycles. The number of ether oxygens (including phenoxy) is 1. The molecule has 0 unspecified atom stereocenters. The summed E-state index contributed by atoms with van der Waals surface area (Å²) in [5.41, 5.74) is 0.948. The molecule has 7 heteroatoms. The Labute approximate surface area is 131 Å². The van der Waals surface area contributed by atoms with Crippen LogP contribution in [0.5, 0.6) is 6.01 Å². The van der Waals surface area contributed by atoms with E-state index in [0.717, 1.165) is 15.8 Å². The van der Waals surface area contributed by atoms with Crippen molar-refractivity contribution in [2.24, 2.45) is 0 Å². The predicted molar refractivity (Wildman–Crippen MR) is 87.6 cm³/mol. The number of hydrogen-bond donors (Lipinski definition) is 2. The third-order valence-electron chi connectivity index (χ3n) is 2.34. The van der Waals surface area contributed by atoms with Crippen molar-refractivity contribution < 1.29 is 4.74 Å². The fraction of sp³-hybridized carbons (Fsp3) is 0.308. The molecule has 0 saturated carbocycles. The van der Waals surface area contributed by atoms with E-state index in [4.69, 9.17) is 4.74 Å². The maximum Gasteiger partial charge on any atom is 0.323 e. The zero-order chi connectivity index (χ0) is 14.4. The Morgan fingerprint density at radius 3 is 2.55 bits per heavy atom. The lowest BCUT2D eigenvalue weighted by atomic mass is 10.3. The van der Waals surface area contributed by atoms with Gasteiger partial charge in [-0.1, -0.05) is 12.1 Å². The zero-order valence-corrected chi connectivity index (χ0v) is 13.5. The van der Waals surface area contributed by atoms with Gasteiger partial charge in [0, 0.05) is 10.1 Å². The van der Waals surface area contributed by atoms with Gasteiger partial charge >= 0.3 is 6.01 Å². The molecule has 106 valence electrons. The third kappa shape index (κ3) is 3.92. The molecule has 0 radical (unpaired) electrons. The van der Waals surface area contributed by atoms with Crippen LogP contribution < -0.4 is 15.4 Å². The van der Waals surface area contributed by atoms with Crippen molar-refractivity contribution in [2.75, 3.05) is 23.8 Å². The fourth-order valence-electron chi connectivity index (χ4n) is 1.53. The van der Waals surface area contributed by atoms with Gasteiger partial charge in [-0.2, -0.15) is 15.0 Å². The fourth-order valence-corrected chi connectivity index (χ4v) is 2.05. The molecule has 1 heterocycles. The maximum atomic E-state index is 5.36. The summed E-state index contributed by atoms with van der Waals surface area (Å²) in [6.45, 7) is 5.12. The second kappa shape index (κ2) is 7.22. The number of benzene rings is 1. The Morgan fingerprint density at radius 2 is 1.85 bits per heavy atom. The summed E-state index contributed by atoms with van der Waals surface area (Å²) < 4.78 is 6.45. The first-order chi connectivity index (χ1) is 9.72. The van der Waals surface area contributed by atoms with Crippen LogP contribution in [0.25, 0.3) is 0 Å². The highest BCUT2D eigenvalue weighted by molar-refractivity contribution is 14.1. The minimum absolute atomic E-state index is 0.312. The number of aromatic nitrogens is 3. The first-order valence-corrected chi connectivity index (χ1v) is 7.45. The summed E-state index contributed by atoms with van der Waals surface area (Å²) in [5, 5.41) is 6.24. The van der Waals surface area contributed by atoms with Crippen LogP contribution in [0.1, 0.15) is 13.8 Å². The van der Waals surface area contributed by atoms with Gasteiger partial charge in [0.05, 0.1) is 12.3 Å². The zero-order valence-electron chi connectivity index (χ0n) is 11.4. The van der Waals surface area contributed by atoms with Crippen LogP contribution in [0, 0.1) is 3.57 Å². The standard InChI is InChI=1S/C13H16IN5O/c1-3-15-11-17-12(19-13(18-11)20-4-2)16-10-8-6-5-7-9(10)14/h5-8H,3-4H2,1-2H3,(H2,15,16,17,18,19). The molecular formula is C13H16IN5O. The SMILES string of the molecule is CCNc1nc(Nc2ccccc2I)nc(OCC)n1. The molecule has 2 aromatic rings. The molecule has 0 aliphatic heterocycles. The lowest BCUT2D eigenvalue weighted by molar-refractivity contribution is 0.312. The van der Waals surface area contributed by atoms with Crippen LogP contribution in [-0.4, -0.2) is 28.1 Å². The Morgan fingerprint density at radius 1 is 1.10 bits per heavy atom. The van der Waals surface area contributed by atoms with Crippen molar-refractivity contribution in [3.63, 3.8) is 0 Å². The minimum atomic E-state index is 0.312. The molecule has 0 aliphatic carbocycles. The molecule has 0 bridgehead atoms. The van der Waals surface area contributed by atoms with E-state index in [-0.39, 0.29) is 0 Å². The van der Waals surface area contributed by atoms with Crippen molar-refractivity contribution in [2.45, 2.75) is 13.8 Å². The van der Waals surface area contributed by atoms with Crippen molar-refractivity contribution in [1.29, 1.82) is 0 Å². The van der Waals surface area contributed by atoms with E-state index in [2.05, 4.69) is 48.2 Å². The number of para-hydroxylation sites is 1. The lowest BCUT2D eigenvalue weighted by Gasteiger charge is -2.10. The van der Waals surface area contributed by atoms with Crippen LogP contribution in [-0.2, 0) is 0 Å². The molecule has 0 saturated heterocycles. The van der Waals surface area contributed by atoms with E-state index >= 15 is 0 Å². The van der Waals surface area contributed by atoms with Gasteiger partial charge in [0.15, 0.2) is 0 Å². The molecule has 0 atom stereocenters. The predicted octanol–water partition coefficient (Wildman–Crippen LogP) is 3.05. The molecular weight excluding hydrogens is 369 g/mol. The quantitative estimate of drug-likeness (QED) is 0.745. The molecule has 1 aromatic heterocycles. The van der Waals surface area contributed by atoms with Crippen LogP contribution in [0.4, 0.5) is 17.6 Å². The number of anilines is 3. The third-order valence-corrected chi connectivity index (χ3v) is 3.28. The van der Waals surface area contributed by atoms with Gasteiger partial charge in [-0.25, -0.2) is 0 Å². The van der Waals surface area contributed by atoms with Crippen molar-refractivity contribution in [3.05, 3.63) is 27.8 Å². The molecule has 0 spiro atoms. The number of nitrogens with zero attached hydrogens (tertiary/aromatic N) is 3. The van der Waals surface area contributed by atoms with Gasteiger partial charge in [-0.15, -0.1) is 0 Å². The molecule has 2 N–H and O–H groups in total. The summed E-state index contributed by atoms with van der Waals surface area (Å²) in [7, 11) is 0. The number of hydrogen-bond acceptors (Lipinski definition) is 6. The summed E-state index contributed by atoms with van der Waals surface area (Å²) >= 11 is 2.26. The van der Waals surface area contributed by atoms with Crippen molar-refractivity contribution in [1.82, 2.24) is 15.0 Å². The first-order valence-electron chi connectivity index (χ1n) is 6.37. The van der Waals surface area contributed by atoms with E-state index in [1.807, 2.05) is 38.1 Å². The van der Waals surface area contributed by atoms with Gasteiger partial charge in [-0.3, -0.25) is 0 Å². The minimum Gasteiger partial charge on any atom is -0.464 e.